The minimum atomic E-state index is -0.839. The van der Waals surface area contributed by atoms with E-state index in [9.17, 15) is 29.8 Å². The number of rotatable bonds is 3. The molecule has 0 aromatic heterocycles. The van der Waals surface area contributed by atoms with E-state index in [0.717, 1.165) is 29.2 Å². The minimum Gasteiger partial charge on any atom is -0.268 e. The van der Waals surface area contributed by atoms with Crippen LogP contribution >= 0.6 is 23.2 Å². The Labute approximate surface area is 171 Å². The van der Waals surface area contributed by atoms with E-state index in [1.54, 1.807) is 0 Å². The highest BCUT2D eigenvalue weighted by atomic mass is 35.5. The molecular formula is C18H7Cl2N3O6. The lowest BCUT2D eigenvalue weighted by atomic mass is 9.92. The van der Waals surface area contributed by atoms with Crippen molar-refractivity contribution in [1.82, 2.24) is 0 Å². The molecule has 0 saturated carbocycles. The molecule has 0 N–H and O–H groups in total. The summed E-state index contributed by atoms with van der Waals surface area (Å²) in [6, 6.07) is 8.31. The molecule has 1 aliphatic heterocycles. The highest BCUT2D eigenvalue weighted by Gasteiger charge is 2.37. The summed E-state index contributed by atoms with van der Waals surface area (Å²) >= 11 is 12.0. The van der Waals surface area contributed by atoms with Crippen LogP contribution in [0, 0.1) is 20.2 Å². The van der Waals surface area contributed by atoms with Gasteiger partial charge in [0.15, 0.2) is 0 Å². The molecule has 144 valence electrons. The lowest BCUT2D eigenvalue weighted by Gasteiger charge is -2.27. The van der Waals surface area contributed by atoms with E-state index >= 15 is 0 Å². The van der Waals surface area contributed by atoms with Gasteiger partial charge in [-0.05, 0) is 23.6 Å². The first-order valence-corrected chi connectivity index (χ1v) is 8.69. The molecule has 9 nitrogen and oxygen atoms in total. The van der Waals surface area contributed by atoms with Crippen molar-refractivity contribution in [2.45, 2.75) is 0 Å². The van der Waals surface area contributed by atoms with Crippen LogP contribution in [0.25, 0.3) is 10.8 Å². The third-order valence-corrected chi connectivity index (χ3v) is 5.00. The van der Waals surface area contributed by atoms with Crippen molar-refractivity contribution < 1.29 is 19.4 Å². The van der Waals surface area contributed by atoms with Crippen LogP contribution in [0.2, 0.25) is 10.0 Å². The van der Waals surface area contributed by atoms with Gasteiger partial charge < -0.3 is 0 Å². The zero-order valence-electron chi connectivity index (χ0n) is 14.1. The number of amides is 2. The Morgan fingerprint density at radius 2 is 1.31 bits per heavy atom. The number of halogens is 2. The molecule has 29 heavy (non-hydrogen) atoms. The van der Waals surface area contributed by atoms with Crippen molar-refractivity contribution in [3.63, 3.8) is 0 Å². The Morgan fingerprint density at radius 1 is 0.793 bits per heavy atom. The number of imide groups is 1. The maximum Gasteiger partial charge on any atom is 0.270 e. The quantitative estimate of drug-likeness (QED) is 0.334. The molecule has 0 bridgehead atoms. The van der Waals surface area contributed by atoms with Crippen molar-refractivity contribution in [3.8, 4) is 0 Å². The van der Waals surface area contributed by atoms with Gasteiger partial charge in [-0.3, -0.25) is 29.8 Å². The molecule has 2 amide bonds. The molecule has 4 rings (SSSR count). The second-order valence-corrected chi connectivity index (χ2v) is 6.98. The number of benzene rings is 3. The van der Waals surface area contributed by atoms with E-state index in [1.807, 2.05) is 0 Å². The van der Waals surface area contributed by atoms with Crippen molar-refractivity contribution in [1.29, 1.82) is 0 Å². The molecule has 0 fully saturated rings. The van der Waals surface area contributed by atoms with Gasteiger partial charge in [0.2, 0.25) is 0 Å². The third kappa shape index (κ3) is 2.87. The smallest absolute Gasteiger partial charge is 0.268 e. The largest absolute Gasteiger partial charge is 0.270 e. The number of nitro benzene ring substituents is 2. The molecule has 0 unspecified atom stereocenters. The first kappa shape index (κ1) is 18.8. The highest BCUT2D eigenvalue weighted by Crippen LogP contribution is 2.39. The van der Waals surface area contributed by atoms with Gasteiger partial charge in [-0.2, -0.15) is 0 Å². The van der Waals surface area contributed by atoms with Gasteiger partial charge in [0, 0.05) is 34.7 Å². The predicted octanol–water partition coefficient (Wildman–Crippen LogP) is 4.76. The summed E-state index contributed by atoms with van der Waals surface area (Å²) in [6.07, 6.45) is 0. The number of carbonyl (C=O) groups is 2. The Morgan fingerprint density at radius 3 is 1.76 bits per heavy atom. The SMILES string of the molecule is O=C1c2cc([N+](=O)[O-])cc3cc([N+](=O)[O-])cc(c23)C(=O)N1c1ccc(Cl)cc1Cl. The van der Waals surface area contributed by atoms with Crippen LogP contribution in [0.3, 0.4) is 0 Å². The lowest BCUT2D eigenvalue weighted by molar-refractivity contribution is -0.385. The van der Waals surface area contributed by atoms with Crippen molar-refractivity contribution in [2.24, 2.45) is 0 Å². The fourth-order valence-corrected chi connectivity index (χ4v) is 3.74. The van der Waals surface area contributed by atoms with Crippen LogP contribution in [0.15, 0.2) is 42.5 Å². The van der Waals surface area contributed by atoms with Crippen LogP contribution < -0.4 is 4.90 Å². The van der Waals surface area contributed by atoms with Crippen LogP contribution in [-0.4, -0.2) is 21.7 Å². The fraction of sp³-hybridized carbons (Fsp3) is 0. The van der Waals surface area contributed by atoms with E-state index in [4.69, 9.17) is 23.2 Å². The van der Waals surface area contributed by atoms with Crippen LogP contribution in [0.4, 0.5) is 17.1 Å². The van der Waals surface area contributed by atoms with E-state index in [2.05, 4.69) is 0 Å². The van der Waals surface area contributed by atoms with Gasteiger partial charge in [0.1, 0.15) is 0 Å². The number of non-ortho nitro benzene ring substituents is 2. The van der Waals surface area contributed by atoms with E-state index in [-0.39, 0.29) is 37.6 Å². The normalized spacial score (nSPS) is 13.1. The van der Waals surface area contributed by atoms with Crippen LogP contribution in [0.1, 0.15) is 20.7 Å². The summed E-state index contributed by atoms with van der Waals surface area (Å²) in [4.78, 5) is 48.1. The summed E-state index contributed by atoms with van der Waals surface area (Å²) in [5, 5.41) is 23.0. The molecule has 0 aliphatic carbocycles. The van der Waals surface area contributed by atoms with E-state index in [1.165, 1.54) is 18.2 Å². The average Bonchev–Trinajstić information content (AvgIpc) is 2.66. The maximum atomic E-state index is 13.1. The second kappa shape index (κ2) is 6.50. The molecule has 3 aromatic rings. The van der Waals surface area contributed by atoms with Gasteiger partial charge in [-0.15, -0.1) is 0 Å². The van der Waals surface area contributed by atoms with Crippen LogP contribution in [0.5, 0.6) is 0 Å². The monoisotopic (exact) mass is 431 g/mol. The molecule has 0 saturated heterocycles. The lowest BCUT2D eigenvalue weighted by Crippen LogP contribution is -2.40. The van der Waals surface area contributed by atoms with Crippen molar-refractivity contribution >= 4 is 62.9 Å². The average molecular weight is 432 g/mol. The summed E-state index contributed by atoms with van der Waals surface area (Å²) in [5.41, 5.74) is -1.15. The van der Waals surface area contributed by atoms with Crippen molar-refractivity contribution in [3.05, 3.63) is 83.9 Å². The first-order valence-electron chi connectivity index (χ1n) is 7.93. The van der Waals surface area contributed by atoms with Gasteiger partial charge in [0.25, 0.3) is 23.2 Å². The summed E-state index contributed by atoms with van der Waals surface area (Å²) < 4.78 is 0. The number of hydrogen-bond donors (Lipinski definition) is 0. The molecule has 0 radical (unpaired) electrons. The number of nitro groups is 2. The first-order chi connectivity index (χ1) is 13.7. The summed E-state index contributed by atoms with van der Waals surface area (Å²) in [5.74, 6) is -1.68. The zero-order valence-corrected chi connectivity index (χ0v) is 15.6. The molecule has 1 heterocycles. The standard InChI is InChI=1S/C18H7Cl2N3O6/c19-9-1-2-15(14(20)5-9)21-17(24)12-6-10(22(26)27)3-8-4-11(23(28)29)7-13(16(8)12)18(21)25/h1-7H. The highest BCUT2D eigenvalue weighted by molar-refractivity contribution is 6.41. The Hall–Kier alpha value is -3.56. The molecule has 0 atom stereocenters. The number of hydrogen-bond acceptors (Lipinski definition) is 6. The Bertz CT molecular complexity index is 1220. The Balaban J connectivity index is 2.07. The van der Waals surface area contributed by atoms with Gasteiger partial charge >= 0.3 is 0 Å². The maximum absolute atomic E-state index is 13.1. The minimum absolute atomic E-state index is 0.00267. The van der Waals surface area contributed by atoms with Gasteiger partial charge in [-0.25, -0.2) is 4.90 Å². The predicted molar refractivity (Wildman–Crippen MR) is 105 cm³/mol. The molecule has 3 aromatic carbocycles. The van der Waals surface area contributed by atoms with E-state index < -0.39 is 33.0 Å². The topological polar surface area (TPSA) is 124 Å². The van der Waals surface area contributed by atoms with Crippen LogP contribution in [-0.2, 0) is 0 Å². The fourth-order valence-electron chi connectivity index (χ4n) is 3.25. The second-order valence-electron chi connectivity index (χ2n) is 6.14. The van der Waals surface area contributed by atoms with Crippen molar-refractivity contribution in [2.75, 3.05) is 4.90 Å². The molecule has 0 spiro atoms. The van der Waals surface area contributed by atoms with Gasteiger partial charge in [0.05, 0.1) is 31.7 Å². The molecule has 1 aliphatic rings. The number of carbonyl (C=O) groups excluding carboxylic acids is 2. The number of anilines is 1. The number of nitrogens with zero attached hydrogens (tertiary/aromatic N) is 3. The Kier molecular flexibility index (Phi) is 4.21. The van der Waals surface area contributed by atoms with E-state index in [0.29, 0.717) is 0 Å². The zero-order chi connectivity index (χ0) is 21.0. The third-order valence-electron chi connectivity index (χ3n) is 4.46. The summed E-state index contributed by atoms with van der Waals surface area (Å²) in [7, 11) is 0. The molecule has 11 heteroatoms. The molecular weight excluding hydrogens is 425 g/mol. The van der Waals surface area contributed by atoms with Gasteiger partial charge in [-0.1, -0.05) is 23.2 Å². The summed E-state index contributed by atoms with van der Waals surface area (Å²) in [6.45, 7) is 0.